The van der Waals surface area contributed by atoms with Crippen molar-refractivity contribution in [2.45, 2.75) is 6.42 Å². The van der Waals surface area contributed by atoms with Gasteiger partial charge in [0, 0.05) is 0 Å². The lowest BCUT2D eigenvalue weighted by Crippen LogP contribution is -2.16. The van der Waals surface area contributed by atoms with Crippen LogP contribution in [0.4, 0.5) is 0 Å². The highest BCUT2D eigenvalue weighted by Crippen LogP contribution is 2.37. The van der Waals surface area contributed by atoms with E-state index in [4.69, 9.17) is 0 Å². The van der Waals surface area contributed by atoms with Crippen molar-refractivity contribution < 1.29 is 19.8 Å². The molecule has 1 aliphatic rings. The minimum Gasteiger partial charge on any atom is -0.507 e. The first kappa shape index (κ1) is 11.5. The summed E-state index contributed by atoms with van der Waals surface area (Å²) in [6.07, 6.45) is 0.945. The molecule has 4 nitrogen and oxygen atoms in total. The second-order valence-corrected chi connectivity index (χ2v) is 4.47. The molecule has 1 aliphatic carbocycles. The number of aromatic hydroxyl groups is 2. The molecule has 2 N–H and O–H groups in total. The first-order chi connectivity index (χ1) is 9.13. The van der Waals surface area contributed by atoms with Gasteiger partial charge in [-0.2, -0.15) is 0 Å². The Kier molecular flexibility index (Phi) is 2.38. The van der Waals surface area contributed by atoms with E-state index in [2.05, 4.69) is 0 Å². The summed E-state index contributed by atoms with van der Waals surface area (Å²) in [7, 11) is 0. The summed E-state index contributed by atoms with van der Waals surface area (Å²) in [6.45, 7) is 0. The number of phenolic OH excluding ortho intramolecular Hbond substituents is 2. The van der Waals surface area contributed by atoms with Gasteiger partial charge in [0.1, 0.15) is 11.5 Å². The number of ketones is 1. The summed E-state index contributed by atoms with van der Waals surface area (Å²) >= 11 is 0. The molecule has 0 fully saturated rings. The molecule has 2 aromatic rings. The van der Waals surface area contributed by atoms with Gasteiger partial charge in [0.2, 0.25) is 5.78 Å². The largest absolute Gasteiger partial charge is 0.507 e. The fraction of sp³-hybridized carbons (Fsp3) is 0.0667. The van der Waals surface area contributed by atoms with Gasteiger partial charge in [-0.15, -0.1) is 0 Å². The van der Waals surface area contributed by atoms with Gasteiger partial charge < -0.3 is 10.2 Å². The topological polar surface area (TPSA) is 74.6 Å². The van der Waals surface area contributed by atoms with Crippen molar-refractivity contribution in [3.05, 3.63) is 58.1 Å². The molecule has 0 saturated carbocycles. The minimum absolute atomic E-state index is 0.0750. The molecule has 0 radical (unpaired) electrons. The highest BCUT2D eigenvalue weighted by molar-refractivity contribution is 6.16. The third-order valence-electron chi connectivity index (χ3n) is 3.39. The third-order valence-corrected chi connectivity index (χ3v) is 3.39. The summed E-state index contributed by atoms with van der Waals surface area (Å²) in [5.74, 6) is -0.869. The van der Waals surface area contributed by atoms with E-state index in [0.29, 0.717) is 18.3 Å². The van der Waals surface area contributed by atoms with Crippen LogP contribution < -0.4 is 0 Å². The highest BCUT2D eigenvalue weighted by atomic mass is 16.3. The SMILES string of the molecule is O=Cc1ccc2c(c1O)C(=O)c1c(O)cccc1C2. The van der Waals surface area contributed by atoms with E-state index in [1.807, 2.05) is 0 Å². The number of benzene rings is 2. The summed E-state index contributed by atoms with van der Waals surface area (Å²) in [6, 6.07) is 8.01. The van der Waals surface area contributed by atoms with E-state index in [-0.39, 0.29) is 28.2 Å². The number of hydrogen-bond acceptors (Lipinski definition) is 4. The Morgan fingerprint density at radius 3 is 2.47 bits per heavy atom. The number of carbonyl (C=O) groups excluding carboxylic acids is 2. The average molecular weight is 254 g/mol. The summed E-state index contributed by atoms with van der Waals surface area (Å²) < 4.78 is 0. The molecule has 0 amide bonds. The Balaban J connectivity index is 2.29. The van der Waals surface area contributed by atoms with E-state index >= 15 is 0 Å². The van der Waals surface area contributed by atoms with Crippen molar-refractivity contribution in [2.24, 2.45) is 0 Å². The Morgan fingerprint density at radius 1 is 1.00 bits per heavy atom. The van der Waals surface area contributed by atoms with Crippen LogP contribution in [0.3, 0.4) is 0 Å². The molecule has 0 saturated heterocycles. The molecule has 0 heterocycles. The summed E-state index contributed by atoms with van der Waals surface area (Å²) in [4.78, 5) is 23.2. The Labute approximate surface area is 108 Å². The van der Waals surface area contributed by atoms with E-state index < -0.39 is 5.78 Å². The van der Waals surface area contributed by atoms with E-state index in [9.17, 15) is 19.8 Å². The maximum atomic E-state index is 12.4. The number of phenols is 2. The number of hydrogen-bond donors (Lipinski definition) is 2. The van der Waals surface area contributed by atoms with Crippen molar-refractivity contribution in [3.8, 4) is 11.5 Å². The monoisotopic (exact) mass is 254 g/mol. The number of carbonyl (C=O) groups is 2. The lowest BCUT2D eigenvalue weighted by molar-refractivity contribution is 0.103. The second kappa shape index (κ2) is 3.95. The van der Waals surface area contributed by atoms with Crippen LogP contribution in [0.1, 0.15) is 37.4 Å². The molecule has 3 rings (SSSR count). The predicted octanol–water partition coefficient (Wildman–Crippen LogP) is 2.05. The molecule has 0 atom stereocenters. The van der Waals surface area contributed by atoms with E-state index in [1.165, 1.54) is 12.1 Å². The second-order valence-electron chi connectivity index (χ2n) is 4.47. The van der Waals surface area contributed by atoms with Gasteiger partial charge in [0.15, 0.2) is 6.29 Å². The van der Waals surface area contributed by atoms with Crippen LogP contribution in [0.15, 0.2) is 30.3 Å². The van der Waals surface area contributed by atoms with Crippen molar-refractivity contribution in [3.63, 3.8) is 0 Å². The fourth-order valence-electron chi connectivity index (χ4n) is 2.47. The lowest BCUT2D eigenvalue weighted by atomic mass is 9.83. The Morgan fingerprint density at radius 2 is 1.74 bits per heavy atom. The van der Waals surface area contributed by atoms with E-state index in [1.54, 1.807) is 18.2 Å². The van der Waals surface area contributed by atoms with Crippen LogP contribution in [-0.2, 0) is 6.42 Å². The molecule has 0 aromatic heterocycles. The highest BCUT2D eigenvalue weighted by Gasteiger charge is 2.29. The number of aldehydes is 1. The zero-order chi connectivity index (χ0) is 13.6. The number of rotatable bonds is 1. The van der Waals surface area contributed by atoms with E-state index in [0.717, 1.165) is 5.56 Å². The standard InChI is InChI=1S/C15H10O4/c16-7-10-5-4-9-6-8-2-1-3-11(17)12(8)15(19)13(9)14(10)18/h1-5,7,17-18H,6H2. The number of fused-ring (bicyclic) bond motifs is 2. The van der Waals surface area contributed by atoms with Crippen LogP contribution >= 0.6 is 0 Å². The van der Waals surface area contributed by atoms with Crippen LogP contribution in [0.5, 0.6) is 11.5 Å². The van der Waals surface area contributed by atoms with Gasteiger partial charge in [0.25, 0.3) is 0 Å². The normalized spacial score (nSPS) is 12.7. The van der Waals surface area contributed by atoms with Crippen LogP contribution in [0, 0.1) is 0 Å². The molecule has 0 unspecified atom stereocenters. The molecule has 0 aliphatic heterocycles. The zero-order valence-corrected chi connectivity index (χ0v) is 9.88. The molecule has 2 aromatic carbocycles. The fourth-order valence-corrected chi connectivity index (χ4v) is 2.47. The Bertz CT molecular complexity index is 716. The zero-order valence-electron chi connectivity index (χ0n) is 9.88. The van der Waals surface area contributed by atoms with Gasteiger partial charge >= 0.3 is 0 Å². The molecule has 19 heavy (non-hydrogen) atoms. The van der Waals surface area contributed by atoms with Crippen LogP contribution in [0.25, 0.3) is 0 Å². The average Bonchev–Trinajstić information content (AvgIpc) is 2.39. The molecule has 0 spiro atoms. The molecule has 4 heteroatoms. The summed E-state index contributed by atoms with van der Waals surface area (Å²) in [5, 5.41) is 19.8. The van der Waals surface area contributed by atoms with Crippen molar-refractivity contribution in [1.82, 2.24) is 0 Å². The first-order valence-corrected chi connectivity index (χ1v) is 5.79. The van der Waals surface area contributed by atoms with Gasteiger partial charge in [-0.1, -0.05) is 18.2 Å². The van der Waals surface area contributed by atoms with Gasteiger partial charge in [-0.25, -0.2) is 0 Å². The van der Waals surface area contributed by atoms with Crippen molar-refractivity contribution >= 4 is 12.1 Å². The van der Waals surface area contributed by atoms with Gasteiger partial charge in [-0.3, -0.25) is 9.59 Å². The first-order valence-electron chi connectivity index (χ1n) is 5.79. The Hall–Kier alpha value is -2.62. The molecular formula is C15H10O4. The van der Waals surface area contributed by atoms with Crippen molar-refractivity contribution in [1.29, 1.82) is 0 Å². The van der Waals surface area contributed by atoms with Gasteiger partial charge in [0.05, 0.1) is 16.7 Å². The quantitative estimate of drug-likeness (QED) is 0.652. The maximum absolute atomic E-state index is 12.4. The lowest BCUT2D eigenvalue weighted by Gasteiger charge is -2.20. The summed E-state index contributed by atoms with van der Waals surface area (Å²) in [5.41, 5.74) is 1.76. The molecular weight excluding hydrogens is 244 g/mol. The van der Waals surface area contributed by atoms with Crippen LogP contribution in [0.2, 0.25) is 0 Å². The third kappa shape index (κ3) is 1.53. The van der Waals surface area contributed by atoms with Gasteiger partial charge in [-0.05, 0) is 29.7 Å². The van der Waals surface area contributed by atoms with Crippen molar-refractivity contribution in [2.75, 3.05) is 0 Å². The smallest absolute Gasteiger partial charge is 0.201 e. The minimum atomic E-state index is -0.449. The predicted molar refractivity (Wildman–Crippen MR) is 67.8 cm³/mol. The maximum Gasteiger partial charge on any atom is 0.201 e. The molecule has 94 valence electrons. The molecule has 0 bridgehead atoms. The van der Waals surface area contributed by atoms with Crippen LogP contribution in [-0.4, -0.2) is 22.3 Å².